The predicted molar refractivity (Wildman–Crippen MR) is 118 cm³/mol. The monoisotopic (exact) mass is 500 g/mol. The summed E-state index contributed by atoms with van der Waals surface area (Å²) in [5, 5.41) is 5.00. The molecule has 3 heterocycles. The average Bonchev–Trinajstić information content (AvgIpc) is 3.35. The summed E-state index contributed by atoms with van der Waals surface area (Å²) in [5.74, 6) is -0.623. The first-order valence-corrected chi connectivity index (χ1v) is 10.9. The molecular weight excluding hydrogens is 481 g/mol. The van der Waals surface area contributed by atoms with E-state index in [-0.39, 0.29) is 22.6 Å². The van der Waals surface area contributed by atoms with Gasteiger partial charge in [-0.2, -0.15) is 13.2 Å². The van der Waals surface area contributed by atoms with Gasteiger partial charge in [-0.15, -0.1) is 11.3 Å². The minimum atomic E-state index is -4.69. The van der Waals surface area contributed by atoms with Crippen molar-refractivity contribution >= 4 is 40.6 Å². The third kappa shape index (κ3) is 5.50. The van der Waals surface area contributed by atoms with E-state index in [0.29, 0.717) is 22.6 Å². The van der Waals surface area contributed by atoms with E-state index in [0.717, 1.165) is 17.5 Å². The van der Waals surface area contributed by atoms with Crippen LogP contribution in [0.5, 0.6) is 0 Å². The fourth-order valence-electron chi connectivity index (χ4n) is 3.10. The van der Waals surface area contributed by atoms with Crippen molar-refractivity contribution in [1.82, 2.24) is 24.8 Å². The number of carbonyl (C=O) groups is 2. The van der Waals surface area contributed by atoms with Crippen LogP contribution in [0.1, 0.15) is 69.4 Å². The van der Waals surface area contributed by atoms with Crippen LogP contribution in [0.4, 0.5) is 19.0 Å². The lowest BCUT2D eigenvalue weighted by atomic mass is 10.2. The number of alkyl halides is 3. The Morgan fingerprint density at radius 2 is 1.79 bits per heavy atom. The number of hydrogen-bond acceptors (Lipinski definition) is 6. The summed E-state index contributed by atoms with van der Waals surface area (Å²) in [6.45, 7) is 7.39. The summed E-state index contributed by atoms with van der Waals surface area (Å²) in [4.78, 5) is 37.4. The average molecular weight is 501 g/mol. The van der Waals surface area contributed by atoms with Crippen LogP contribution in [0.15, 0.2) is 24.7 Å². The maximum Gasteiger partial charge on any atom is 0.418 e. The molecular formula is C20H20ClF3N6O2S. The summed E-state index contributed by atoms with van der Waals surface area (Å²) in [5.41, 5.74) is -0.704. The number of anilines is 1. The fourth-order valence-corrected chi connectivity index (χ4v) is 4.13. The molecule has 0 spiro atoms. The molecule has 0 aliphatic heterocycles. The Morgan fingerprint density at radius 3 is 2.42 bits per heavy atom. The van der Waals surface area contributed by atoms with E-state index in [9.17, 15) is 22.8 Å². The number of nitrogens with zero attached hydrogens (tertiary/aromatic N) is 4. The minimum absolute atomic E-state index is 0.0399. The first-order valence-electron chi connectivity index (χ1n) is 9.73. The molecule has 0 radical (unpaired) electrons. The smallest absolute Gasteiger partial charge is 0.342 e. The SMILES string of the molecule is Cc1ncc(C(=O)N[C@H](C)c2ncc(C(=O)Nc3cc(C(F)(F)F)c(Cl)cn3)s2)n1C(C)C. The van der Waals surface area contributed by atoms with Gasteiger partial charge in [-0.05, 0) is 33.8 Å². The van der Waals surface area contributed by atoms with E-state index < -0.39 is 28.7 Å². The lowest BCUT2D eigenvalue weighted by Crippen LogP contribution is -2.29. The van der Waals surface area contributed by atoms with Gasteiger partial charge in [0.2, 0.25) is 0 Å². The molecule has 2 amide bonds. The number of pyridine rings is 1. The van der Waals surface area contributed by atoms with Gasteiger partial charge in [0.05, 0.1) is 29.0 Å². The molecule has 0 fully saturated rings. The van der Waals surface area contributed by atoms with E-state index in [1.165, 1.54) is 12.4 Å². The Kier molecular flexibility index (Phi) is 7.08. The quantitative estimate of drug-likeness (QED) is 0.493. The topological polar surface area (TPSA) is 102 Å². The largest absolute Gasteiger partial charge is 0.418 e. The van der Waals surface area contributed by atoms with E-state index in [4.69, 9.17) is 11.6 Å². The van der Waals surface area contributed by atoms with Gasteiger partial charge in [0.15, 0.2) is 0 Å². The molecule has 3 aromatic rings. The lowest BCUT2D eigenvalue weighted by molar-refractivity contribution is -0.137. The second kappa shape index (κ2) is 9.48. The van der Waals surface area contributed by atoms with E-state index >= 15 is 0 Å². The number of imidazole rings is 1. The molecule has 0 unspecified atom stereocenters. The number of aryl methyl sites for hydroxylation is 1. The first kappa shape index (κ1) is 24.6. The zero-order valence-electron chi connectivity index (χ0n) is 18.0. The Balaban J connectivity index is 1.71. The minimum Gasteiger partial charge on any atom is -0.342 e. The highest BCUT2D eigenvalue weighted by atomic mass is 35.5. The van der Waals surface area contributed by atoms with Crippen molar-refractivity contribution in [3.8, 4) is 0 Å². The van der Waals surface area contributed by atoms with Gasteiger partial charge in [-0.25, -0.2) is 15.0 Å². The van der Waals surface area contributed by atoms with E-state index in [1.54, 1.807) is 18.4 Å². The molecule has 0 bridgehead atoms. The molecule has 3 rings (SSSR count). The Hall–Kier alpha value is -2.99. The highest BCUT2D eigenvalue weighted by molar-refractivity contribution is 7.13. The number of hydrogen-bond donors (Lipinski definition) is 2. The molecule has 3 aromatic heterocycles. The second-order valence-electron chi connectivity index (χ2n) is 7.41. The molecule has 2 N–H and O–H groups in total. The molecule has 0 aliphatic rings. The number of rotatable bonds is 6. The van der Waals surface area contributed by atoms with Crippen molar-refractivity contribution in [3.05, 3.63) is 56.6 Å². The number of carbonyl (C=O) groups excluding carboxylic acids is 2. The van der Waals surface area contributed by atoms with Crippen LogP contribution in [0.3, 0.4) is 0 Å². The lowest BCUT2D eigenvalue weighted by Gasteiger charge is -2.16. The molecule has 0 saturated heterocycles. The van der Waals surface area contributed by atoms with Crippen molar-refractivity contribution in [2.75, 3.05) is 5.32 Å². The summed E-state index contributed by atoms with van der Waals surface area (Å²) in [7, 11) is 0. The normalized spacial score (nSPS) is 12.6. The number of nitrogens with one attached hydrogen (secondary N) is 2. The highest BCUT2D eigenvalue weighted by Crippen LogP contribution is 2.35. The van der Waals surface area contributed by atoms with Crippen LogP contribution in [-0.2, 0) is 6.18 Å². The van der Waals surface area contributed by atoms with Crippen LogP contribution in [0.25, 0.3) is 0 Å². The molecule has 8 nitrogen and oxygen atoms in total. The van der Waals surface area contributed by atoms with Crippen LogP contribution < -0.4 is 10.6 Å². The second-order valence-corrected chi connectivity index (χ2v) is 8.88. The molecule has 13 heteroatoms. The van der Waals surface area contributed by atoms with Gasteiger partial charge in [0.1, 0.15) is 27.2 Å². The van der Waals surface area contributed by atoms with Crippen LogP contribution in [0, 0.1) is 6.92 Å². The van der Waals surface area contributed by atoms with Crippen molar-refractivity contribution in [2.24, 2.45) is 0 Å². The molecule has 0 aliphatic carbocycles. The third-order valence-corrected chi connectivity index (χ3v) is 6.08. The van der Waals surface area contributed by atoms with Gasteiger partial charge < -0.3 is 15.2 Å². The fraction of sp³-hybridized carbons (Fsp3) is 0.350. The van der Waals surface area contributed by atoms with Gasteiger partial charge in [-0.1, -0.05) is 11.6 Å². The number of halogens is 4. The summed E-state index contributed by atoms with van der Waals surface area (Å²) in [6, 6.07) is 0.175. The van der Waals surface area contributed by atoms with Gasteiger partial charge in [-0.3, -0.25) is 9.59 Å². The van der Waals surface area contributed by atoms with Crippen LogP contribution in [-0.4, -0.2) is 31.3 Å². The standard InChI is InChI=1S/C20H20ClF3N6O2S/c1-9(2)30-11(4)25-7-14(30)17(31)28-10(3)19-27-8-15(33-19)18(32)29-16-5-12(20(22,23)24)13(21)6-26-16/h5-10H,1-4H3,(H,28,31)(H,26,29,32)/t10-/m1/s1. The predicted octanol–water partition coefficient (Wildman–Crippen LogP) is 5.04. The Bertz CT molecular complexity index is 1190. The first-order chi connectivity index (χ1) is 15.4. The summed E-state index contributed by atoms with van der Waals surface area (Å²) >= 11 is 6.54. The Morgan fingerprint density at radius 1 is 1.09 bits per heavy atom. The maximum absolute atomic E-state index is 13.0. The van der Waals surface area contributed by atoms with Crippen molar-refractivity contribution in [3.63, 3.8) is 0 Å². The van der Waals surface area contributed by atoms with Crippen molar-refractivity contribution in [2.45, 2.75) is 46.0 Å². The van der Waals surface area contributed by atoms with E-state index in [1.807, 2.05) is 13.8 Å². The maximum atomic E-state index is 13.0. The zero-order chi connectivity index (χ0) is 24.5. The number of aromatic nitrogens is 4. The third-order valence-electron chi connectivity index (χ3n) is 4.60. The molecule has 176 valence electrons. The number of amides is 2. The summed E-state index contributed by atoms with van der Waals surface area (Å²) < 4.78 is 40.8. The van der Waals surface area contributed by atoms with Gasteiger partial charge in [0, 0.05) is 12.2 Å². The zero-order valence-corrected chi connectivity index (χ0v) is 19.6. The summed E-state index contributed by atoms with van der Waals surface area (Å²) in [6.07, 6.45) is -1.10. The van der Waals surface area contributed by atoms with Gasteiger partial charge in [0.25, 0.3) is 11.8 Å². The van der Waals surface area contributed by atoms with Crippen molar-refractivity contribution < 1.29 is 22.8 Å². The van der Waals surface area contributed by atoms with E-state index in [2.05, 4.69) is 25.6 Å². The van der Waals surface area contributed by atoms with Crippen LogP contribution >= 0.6 is 22.9 Å². The van der Waals surface area contributed by atoms with Crippen LogP contribution in [0.2, 0.25) is 5.02 Å². The molecule has 33 heavy (non-hydrogen) atoms. The van der Waals surface area contributed by atoms with Crippen molar-refractivity contribution in [1.29, 1.82) is 0 Å². The Labute approximate surface area is 196 Å². The molecule has 0 aromatic carbocycles. The van der Waals surface area contributed by atoms with Gasteiger partial charge >= 0.3 is 6.18 Å². The number of thiazole rings is 1. The molecule has 1 atom stereocenters. The highest BCUT2D eigenvalue weighted by Gasteiger charge is 2.34. The molecule has 0 saturated carbocycles.